The molecule has 1 aromatic heterocycles. The van der Waals surface area contributed by atoms with E-state index < -0.39 is 16.1 Å². The molecule has 0 unspecified atom stereocenters. The van der Waals surface area contributed by atoms with Crippen molar-refractivity contribution in [2.75, 3.05) is 45.2 Å². The third-order valence-corrected chi connectivity index (χ3v) is 10.3. The third kappa shape index (κ3) is 9.49. The number of sulfonamides is 1. The summed E-state index contributed by atoms with van der Waals surface area (Å²) in [6.07, 6.45) is 2.06. The molecule has 0 bridgehead atoms. The van der Waals surface area contributed by atoms with Crippen molar-refractivity contribution in [1.29, 1.82) is 0 Å². The Morgan fingerprint density at radius 2 is 1.88 bits per heavy atom. The number of methoxy groups -OCH3 is 1. The molecule has 12 nitrogen and oxygen atoms in total. The number of fused-ring (bicyclic) bond motifs is 1. The maximum atomic E-state index is 14.4. The zero-order valence-corrected chi connectivity index (χ0v) is 29.9. The van der Waals surface area contributed by atoms with E-state index in [1.807, 2.05) is 38.2 Å². The van der Waals surface area contributed by atoms with Gasteiger partial charge in [0.1, 0.15) is 17.2 Å². The number of carbonyl (C=O) groups is 1. The van der Waals surface area contributed by atoms with Crippen LogP contribution in [0, 0.1) is 19.8 Å². The predicted molar refractivity (Wildman–Crippen MR) is 183 cm³/mol. The van der Waals surface area contributed by atoms with E-state index in [0.717, 1.165) is 30.6 Å². The first-order valence-corrected chi connectivity index (χ1v) is 17.9. The lowest BCUT2D eigenvalue weighted by atomic mass is 10.0. The Morgan fingerprint density at radius 3 is 2.52 bits per heavy atom. The number of benzene rings is 2. The predicted octanol–water partition coefficient (Wildman–Crippen LogP) is 5.03. The van der Waals surface area contributed by atoms with E-state index in [2.05, 4.69) is 21.7 Å². The minimum absolute atomic E-state index is 0.0499. The lowest BCUT2D eigenvalue weighted by Gasteiger charge is -2.36. The maximum Gasteiger partial charge on any atom is 0.267 e. The second-order valence-corrected chi connectivity index (χ2v) is 14.4. The van der Waals surface area contributed by atoms with Crippen LogP contribution < -0.4 is 14.2 Å². The Kier molecular flexibility index (Phi) is 12.9. The number of nitrogens with one attached hydrogen (secondary N) is 1. The molecular formula is C35H50N4O8S. The lowest BCUT2D eigenvalue weighted by Crippen LogP contribution is -2.47. The van der Waals surface area contributed by atoms with Crippen molar-refractivity contribution in [1.82, 2.24) is 15.0 Å². The number of aryl methyl sites for hydroxylation is 2. The first-order chi connectivity index (χ1) is 22.8. The number of ether oxygens (including phenoxy) is 3. The average Bonchev–Trinajstić information content (AvgIpc) is 3.40. The van der Waals surface area contributed by atoms with Gasteiger partial charge in [0.15, 0.2) is 10.7 Å². The van der Waals surface area contributed by atoms with Crippen LogP contribution in [-0.4, -0.2) is 93.1 Å². The van der Waals surface area contributed by atoms with Crippen molar-refractivity contribution in [3.05, 3.63) is 65.0 Å². The van der Waals surface area contributed by atoms with Gasteiger partial charge in [0.25, 0.3) is 15.9 Å². The van der Waals surface area contributed by atoms with Gasteiger partial charge in [0, 0.05) is 37.8 Å². The molecule has 0 aliphatic carbocycles. The van der Waals surface area contributed by atoms with Gasteiger partial charge >= 0.3 is 0 Å². The molecule has 1 aliphatic rings. The second kappa shape index (κ2) is 16.6. The molecule has 1 aliphatic heterocycles. The number of hydrogen-bond donors (Lipinski definition) is 2. The minimum atomic E-state index is -4.06. The number of likely N-dealkylation sites (N-methyl/N-ethyl adjacent to an activating group) is 1. The molecule has 0 spiro atoms. The van der Waals surface area contributed by atoms with E-state index >= 15 is 0 Å². The highest BCUT2D eigenvalue weighted by Crippen LogP contribution is 2.30. The zero-order chi connectivity index (χ0) is 35.0. The van der Waals surface area contributed by atoms with Crippen LogP contribution in [0.3, 0.4) is 0 Å². The summed E-state index contributed by atoms with van der Waals surface area (Å²) in [6, 6.07) is 12.1. The van der Waals surface area contributed by atoms with Crippen LogP contribution in [0.2, 0.25) is 0 Å². The van der Waals surface area contributed by atoms with Crippen LogP contribution in [0.4, 0.5) is 5.69 Å². The van der Waals surface area contributed by atoms with Gasteiger partial charge in [0.2, 0.25) is 0 Å². The molecular weight excluding hydrogens is 636 g/mol. The number of anilines is 1. The maximum absolute atomic E-state index is 14.4. The van der Waals surface area contributed by atoms with Crippen LogP contribution in [0.5, 0.6) is 11.5 Å². The fourth-order valence-electron chi connectivity index (χ4n) is 5.93. The highest BCUT2D eigenvalue weighted by atomic mass is 32.2. The molecule has 1 amide bonds. The summed E-state index contributed by atoms with van der Waals surface area (Å²) >= 11 is 0. The average molecular weight is 687 g/mol. The first-order valence-electron chi connectivity index (χ1n) is 16.4. The molecule has 0 radical (unpaired) electrons. The van der Waals surface area contributed by atoms with Crippen molar-refractivity contribution < 1.29 is 37.1 Å². The molecule has 13 heteroatoms. The van der Waals surface area contributed by atoms with Gasteiger partial charge in [-0.25, -0.2) is 8.42 Å². The van der Waals surface area contributed by atoms with E-state index in [9.17, 15) is 18.3 Å². The number of aromatic nitrogens is 1. The number of amides is 1. The summed E-state index contributed by atoms with van der Waals surface area (Å²) in [7, 11) is -0.369. The van der Waals surface area contributed by atoms with E-state index in [0.29, 0.717) is 32.0 Å². The summed E-state index contributed by atoms with van der Waals surface area (Å²) in [5, 5.41) is 14.0. The molecule has 4 rings (SSSR count). The molecule has 0 saturated heterocycles. The fraction of sp³-hybridized carbons (Fsp3) is 0.543. The van der Waals surface area contributed by atoms with Crippen molar-refractivity contribution >= 4 is 21.6 Å². The van der Waals surface area contributed by atoms with Crippen molar-refractivity contribution in [2.45, 2.75) is 83.6 Å². The topological polar surface area (TPSA) is 144 Å². The van der Waals surface area contributed by atoms with Crippen LogP contribution in [0.15, 0.2) is 51.9 Å². The molecule has 4 atom stereocenters. The Balaban J connectivity index is 1.63. The van der Waals surface area contributed by atoms with Gasteiger partial charge < -0.3 is 28.7 Å². The Bertz CT molecular complexity index is 1590. The minimum Gasteiger partial charge on any atom is -0.497 e. The molecule has 3 aromatic rings. The van der Waals surface area contributed by atoms with Gasteiger partial charge in [-0.15, -0.1) is 0 Å². The molecule has 0 fully saturated rings. The quantitative estimate of drug-likeness (QED) is 0.298. The number of aliphatic hydroxyl groups excluding tert-OH is 1. The number of aliphatic hydroxyl groups is 1. The van der Waals surface area contributed by atoms with Gasteiger partial charge in [-0.2, -0.15) is 0 Å². The molecule has 264 valence electrons. The van der Waals surface area contributed by atoms with E-state index in [-0.39, 0.29) is 58.2 Å². The normalized spacial score (nSPS) is 20.5. The fourth-order valence-corrected chi connectivity index (χ4v) is 7.31. The van der Waals surface area contributed by atoms with E-state index in [1.54, 1.807) is 38.0 Å². The van der Waals surface area contributed by atoms with Gasteiger partial charge in [-0.05, 0) is 89.9 Å². The van der Waals surface area contributed by atoms with E-state index in [1.165, 1.54) is 13.0 Å². The van der Waals surface area contributed by atoms with Crippen molar-refractivity contribution in [3.63, 3.8) is 0 Å². The lowest BCUT2D eigenvalue weighted by molar-refractivity contribution is -0.0177. The molecule has 2 heterocycles. The molecule has 0 saturated carbocycles. The standard InChI is InChI=1S/C35H50N4O8S/c1-23-19-39(24(2)22-40)35(41)31-18-29(37-48(42,43)34-26(4)36-47-27(34)5)13-16-32(31)46-25(3)10-8-9-17-45-33(23)21-38(6)20-28-11-14-30(44-7)15-12-28/h11-16,18,23-25,33,37,40H,8-10,17,19-22H2,1-7H3/t23-,24+,25-,33-/m1/s1. The van der Waals surface area contributed by atoms with Gasteiger partial charge in [-0.3, -0.25) is 14.4 Å². The summed E-state index contributed by atoms with van der Waals surface area (Å²) in [5.74, 6) is 0.827. The Labute approximate surface area is 284 Å². The SMILES string of the molecule is COc1ccc(CN(C)C[C@H]2OCCCC[C@@H](C)Oc3ccc(NS(=O)(=O)c4c(C)noc4C)cc3C(=O)N([C@@H](C)CO)C[C@H]2C)cc1. The highest BCUT2D eigenvalue weighted by Gasteiger charge is 2.31. The summed E-state index contributed by atoms with van der Waals surface area (Å²) in [5.41, 5.74) is 1.75. The summed E-state index contributed by atoms with van der Waals surface area (Å²) in [6.45, 7) is 10.8. The molecule has 2 aromatic carbocycles. The largest absolute Gasteiger partial charge is 0.497 e. The zero-order valence-electron chi connectivity index (χ0n) is 29.1. The first kappa shape index (κ1) is 37.2. The third-order valence-electron chi connectivity index (χ3n) is 8.64. The van der Waals surface area contributed by atoms with E-state index in [4.69, 9.17) is 18.7 Å². The van der Waals surface area contributed by atoms with Crippen LogP contribution in [0.25, 0.3) is 0 Å². The monoisotopic (exact) mass is 686 g/mol. The Hall–Kier alpha value is -3.65. The van der Waals surface area contributed by atoms with Crippen LogP contribution in [-0.2, 0) is 21.3 Å². The summed E-state index contributed by atoms with van der Waals surface area (Å²) < 4.78 is 52.3. The van der Waals surface area contributed by atoms with Crippen molar-refractivity contribution in [2.24, 2.45) is 5.92 Å². The van der Waals surface area contributed by atoms with Crippen molar-refractivity contribution in [3.8, 4) is 11.5 Å². The number of rotatable bonds is 10. The Morgan fingerprint density at radius 1 is 1.15 bits per heavy atom. The second-order valence-electron chi connectivity index (χ2n) is 12.8. The van der Waals surface area contributed by atoms with Gasteiger partial charge in [-0.1, -0.05) is 24.2 Å². The smallest absolute Gasteiger partial charge is 0.267 e. The van der Waals surface area contributed by atoms with Crippen LogP contribution >= 0.6 is 0 Å². The number of carbonyl (C=O) groups excluding carboxylic acids is 1. The highest BCUT2D eigenvalue weighted by molar-refractivity contribution is 7.92. The number of hydrogen-bond acceptors (Lipinski definition) is 10. The number of nitrogens with zero attached hydrogens (tertiary/aromatic N) is 3. The van der Waals surface area contributed by atoms with Gasteiger partial charge in [0.05, 0.1) is 37.5 Å². The molecule has 2 N–H and O–H groups in total. The molecule has 48 heavy (non-hydrogen) atoms. The summed E-state index contributed by atoms with van der Waals surface area (Å²) in [4.78, 5) is 18.2. The van der Waals surface area contributed by atoms with Crippen LogP contribution in [0.1, 0.15) is 67.4 Å².